The second-order valence-corrected chi connectivity index (χ2v) is 1.89. The number of hydrogen-bond donors (Lipinski definition) is 0. The summed E-state index contributed by atoms with van der Waals surface area (Å²) in [6.45, 7) is 0.415. The number of hydrogen-bond acceptors (Lipinski definition) is 3. The van der Waals surface area contributed by atoms with Gasteiger partial charge in [0.2, 0.25) is 0 Å². The molecule has 1 saturated heterocycles. The predicted molar refractivity (Wildman–Crippen MR) is 22.0 cm³/mol. The van der Waals surface area contributed by atoms with E-state index in [9.17, 15) is 18.0 Å². The van der Waals surface area contributed by atoms with Gasteiger partial charge in [-0.05, 0) is 0 Å². The summed E-state index contributed by atoms with van der Waals surface area (Å²) in [4.78, 5) is 9.91. The van der Waals surface area contributed by atoms with Gasteiger partial charge in [0.1, 0.15) is 0 Å². The van der Waals surface area contributed by atoms with E-state index in [4.69, 9.17) is 0 Å². The van der Waals surface area contributed by atoms with Crippen LogP contribution in [0.2, 0.25) is 0 Å². The van der Waals surface area contributed by atoms with Crippen LogP contribution in [0.5, 0.6) is 0 Å². The van der Waals surface area contributed by atoms with E-state index in [1.54, 1.807) is 0 Å². The molecule has 0 unspecified atom stereocenters. The van der Waals surface area contributed by atoms with Crippen LogP contribution in [-0.4, -0.2) is 18.1 Å². The predicted octanol–water partition coefficient (Wildman–Crippen LogP) is 1.43. The molecule has 0 aromatic carbocycles. The second kappa shape index (κ2) is 1.56. The van der Waals surface area contributed by atoms with Crippen LogP contribution < -0.4 is 0 Å². The van der Waals surface area contributed by atoms with Gasteiger partial charge < -0.3 is 9.47 Å². The zero-order valence-corrected chi connectivity index (χ0v) is 4.86. The number of rotatable bonds is 0. The number of cyclic esters (lactones) is 2. The maximum Gasteiger partial charge on any atom is 0.516 e. The molecule has 1 aliphatic heterocycles. The largest absolute Gasteiger partial charge is 0.516 e. The number of carbonyl (C=O) groups excluding carboxylic acids is 1. The number of ether oxygens (including phenoxy) is 2. The van der Waals surface area contributed by atoms with Gasteiger partial charge in [-0.25, -0.2) is 4.79 Å². The van der Waals surface area contributed by atoms with E-state index in [-0.39, 0.29) is 0 Å². The lowest BCUT2D eigenvalue weighted by molar-refractivity contribution is -0.279. The Kier molecular flexibility index (Phi) is 1.12. The first-order chi connectivity index (χ1) is 4.35. The van der Waals surface area contributed by atoms with E-state index in [0.29, 0.717) is 6.92 Å². The van der Waals surface area contributed by atoms with Crippen molar-refractivity contribution in [1.82, 2.24) is 0 Å². The van der Waals surface area contributed by atoms with Gasteiger partial charge in [0, 0.05) is 6.92 Å². The summed E-state index contributed by atoms with van der Waals surface area (Å²) in [5.41, 5.74) is 0. The highest BCUT2D eigenvalue weighted by Gasteiger charge is 2.65. The molecule has 0 radical (unpaired) electrons. The Hall–Kier alpha value is -0.940. The summed E-state index contributed by atoms with van der Waals surface area (Å²) < 4.78 is 43.1. The summed E-state index contributed by atoms with van der Waals surface area (Å²) in [5.74, 6) is -3.34. The highest BCUT2D eigenvalue weighted by atomic mass is 19.3. The van der Waals surface area contributed by atoms with E-state index >= 15 is 0 Å². The number of halogens is 3. The fraction of sp³-hybridized carbons (Fsp3) is 0.750. The van der Waals surface area contributed by atoms with E-state index in [0.717, 1.165) is 0 Å². The first-order valence-corrected chi connectivity index (χ1v) is 2.34. The monoisotopic (exact) mass is 156 g/mol. The van der Waals surface area contributed by atoms with Crippen LogP contribution in [0.4, 0.5) is 18.0 Å². The molecule has 1 fully saturated rings. The third-order valence-corrected chi connectivity index (χ3v) is 1.01. The average Bonchev–Trinajstić information content (AvgIpc) is 1.73. The van der Waals surface area contributed by atoms with Crippen molar-refractivity contribution >= 4 is 6.16 Å². The van der Waals surface area contributed by atoms with Gasteiger partial charge in [0.15, 0.2) is 0 Å². The first kappa shape index (κ1) is 7.17. The summed E-state index contributed by atoms with van der Waals surface area (Å²) in [6.07, 6.45) is -5.88. The average molecular weight is 156 g/mol. The fourth-order valence-corrected chi connectivity index (χ4v) is 0.433. The molecule has 0 spiro atoms. The molecule has 1 atom stereocenters. The Bertz CT molecular complexity index is 159. The van der Waals surface area contributed by atoms with Crippen LogP contribution in [0, 0.1) is 0 Å². The van der Waals surface area contributed by atoms with Gasteiger partial charge in [0.25, 0.3) is 0 Å². The van der Waals surface area contributed by atoms with E-state index in [1.807, 2.05) is 0 Å². The SMILES string of the molecule is C[C@@]1(F)OC(=O)OC1(F)F. The van der Waals surface area contributed by atoms with Crippen LogP contribution in [0.15, 0.2) is 0 Å². The number of carbonyl (C=O) groups is 1. The summed E-state index contributed by atoms with van der Waals surface area (Å²) in [7, 11) is 0. The summed E-state index contributed by atoms with van der Waals surface area (Å²) in [5, 5.41) is 0. The van der Waals surface area contributed by atoms with E-state index in [2.05, 4.69) is 9.47 Å². The minimum absolute atomic E-state index is 0.415. The van der Waals surface area contributed by atoms with Gasteiger partial charge in [-0.3, -0.25) is 0 Å². The molecule has 6 heteroatoms. The molecule has 0 aliphatic carbocycles. The third-order valence-electron chi connectivity index (χ3n) is 1.01. The van der Waals surface area contributed by atoms with Gasteiger partial charge >= 0.3 is 18.1 Å². The summed E-state index contributed by atoms with van der Waals surface area (Å²) in [6, 6.07) is 0. The van der Waals surface area contributed by atoms with Crippen molar-refractivity contribution in [3.8, 4) is 0 Å². The zero-order valence-electron chi connectivity index (χ0n) is 4.86. The highest BCUT2D eigenvalue weighted by molar-refractivity contribution is 5.63. The molecule has 3 nitrogen and oxygen atoms in total. The van der Waals surface area contributed by atoms with Crippen molar-refractivity contribution in [2.75, 3.05) is 0 Å². The molecule has 0 N–H and O–H groups in total. The lowest BCUT2D eigenvalue weighted by Crippen LogP contribution is -2.37. The van der Waals surface area contributed by atoms with Crippen molar-refractivity contribution in [3.05, 3.63) is 0 Å². The molecule has 58 valence electrons. The van der Waals surface area contributed by atoms with Crippen molar-refractivity contribution in [1.29, 1.82) is 0 Å². The van der Waals surface area contributed by atoms with Gasteiger partial charge in [-0.2, -0.15) is 13.2 Å². The smallest absolute Gasteiger partial charge is 0.386 e. The molecule has 1 rings (SSSR count). The van der Waals surface area contributed by atoms with Crippen molar-refractivity contribution in [2.45, 2.75) is 18.9 Å². The van der Waals surface area contributed by atoms with Crippen molar-refractivity contribution in [3.63, 3.8) is 0 Å². The van der Waals surface area contributed by atoms with Crippen molar-refractivity contribution in [2.24, 2.45) is 0 Å². The molecule has 0 bridgehead atoms. The molecule has 0 aromatic heterocycles. The van der Waals surface area contributed by atoms with Crippen LogP contribution in [0.25, 0.3) is 0 Å². The van der Waals surface area contributed by atoms with Crippen LogP contribution in [-0.2, 0) is 9.47 Å². The van der Waals surface area contributed by atoms with Crippen LogP contribution >= 0.6 is 0 Å². The zero-order chi connectivity index (χ0) is 7.99. The first-order valence-electron chi connectivity index (χ1n) is 2.34. The normalized spacial score (nSPS) is 37.0. The van der Waals surface area contributed by atoms with E-state index < -0.39 is 18.1 Å². The Morgan fingerprint density at radius 1 is 1.30 bits per heavy atom. The molecule has 1 aliphatic rings. The molecule has 10 heavy (non-hydrogen) atoms. The fourth-order valence-electron chi connectivity index (χ4n) is 0.433. The topological polar surface area (TPSA) is 35.5 Å². The minimum Gasteiger partial charge on any atom is -0.386 e. The Morgan fingerprint density at radius 2 is 1.80 bits per heavy atom. The maximum absolute atomic E-state index is 12.3. The Labute approximate surface area is 53.7 Å². The van der Waals surface area contributed by atoms with E-state index in [1.165, 1.54) is 0 Å². The quantitative estimate of drug-likeness (QED) is 0.497. The highest BCUT2D eigenvalue weighted by Crippen LogP contribution is 2.40. The van der Waals surface area contributed by atoms with Crippen LogP contribution in [0.1, 0.15) is 6.92 Å². The third kappa shape index (κ3) is 0.795. The molecular formula is C4H3F3O3. The molecule has 1 heterocycles. The number of alkyl halides is 3. The molecule has 0 amide bonds. The lowest BCUT2D eigenvalue weighted by atomic mass is 10.3. The van der Waals surface area contributed by atoms with Gasteiger partial charge in [-0.15, -0.1) is 0 Å². The van der Waals surface area contributed by atoms with Crippen molar-refractivity contribution < 1.29 is 27.4 Å². The molecular weight excluding hydrogens is 153 g/mol. The lowest BCUT2D eigenvalue weighted by Gasteiger charge is -2.14. The Balaban J connectivity index is 2.88. The Morgan fingerprint density at radius 3 is 1.90 bits per heavy atom. The second-order valence-electron chi connectivity index (χ2n) is 1.89. The van der Waals surface area contributed by atoms with Crippen LogP contribution in [0.3, 0.4) is 0 Å². The van der Waals surface area contributed by atoms with Gasteiger partial charge in [-0.1, -0.05) is 0 Å². The molecule has 0 aromatic rings. The minimum atomic E-state index is -4.18. The molecule has 0 saturated carbocycles. The van der Waals surface area contributed by atoms with Gasteiger partial charge in [0.05, 0.1) is 0 Å². The standard InChI is InChI=1S/C4H3F3O3/c1-3(5)4(6,7)10-2(8)9-3/h1H3/t3-/m1/s1. The summed E-state index contributed by atoms with van der Waals surface area (Å²) >= 11 is 0. The maximum atomic E-state index is 12.3.